The van der Waals surface area contributed by atoms with Crippen molar-refractivity contribution in [2.45, 2.75) is 52.1 Å². The Bertz CT molecular complexity index is 103. The molecule has 0 heterocycles. The van der Waals surface area contributed by atoms with Crippen LogP contribution in [0.25, 0.3) is 0 Å². The van der Waals surface area contributed by atoms with E-state index in [2.05, 4.69) is 6.92 Å². The van der Waals surface area contributed by atoms with Crippen molar-refractivity contribution < 1.29 is 5.11 Å². The molecule has 10 heavy (non-hydrogen) atoms. The lowest BCUT2D eigenvalue weighted by Gasteiger charge is -2.17. The molecular formula is C9H18O. The summed E-state index contributed by atoms with van der Waals surface area (Å²) >= 11 is 0. The summed E-state index contributed by atoms with van der Waals surface area (Å²) < 4.78 is 0. The number of aliphatic hydroxyl groups excluding tert-OH is 1. The van der Waals surface area contributed by atoms with Gasteiger partial charge in [0.05, 0.1) is 6.10 Å². The zero-order valence-electron chi connectivity index (χ0n) is 7.06. The number of aliphatic hydroxyl groups is 1. The Balaban J connectivity index is 2.24. The Hall–Kier alpha value is -0.0400. The molecule has 1 aliphatic carbocycles. The van der Waals surface area contributed by atoms with E-state index >= 15 is 0 Å². The summed E-state index contributed by atoms with van der Waals surface area (Å²) in [6, 6.07) is 0. The summed E-state index contributed by atoms with van der Waals surface area (Å²) in [6.45, 7) is 4.14. The normalized spacial score (nSPS) is 24.3. The van der Waals surface area contributed by atoms with Crippen molar-refractivity contribution in [1.29, 1.82) is 0 Å². The molecule has 1 saturated carbocycles. The summed E-state index contributed by atoms with van der Waals surface area (Å²) in [5, 5.41) is 9.37. The van der Waals surface area contributed by atoms with Gasteiger partial charge in [-0.25, -0.2) is 0 Å². The maximum Gasteiger partial charge on any atom is 0.0568 e. The second-order valence-corrected chi connectivity index (χ2v) is 3.64. The van der Waals surface area contributed by atoms with Crippen LogP contribution in [0.4, 0.5) is 0 Å². The molecule has 1 atom stereocenters. The van der Waals surface area contributed by atoms with E-state index in [4.69, 9.17) is 0 Å². The van der Waals surface area contributed by atoms with E-state index in [9.17, 15) is 5.11 Å². The second kappa shape index (κ2) is 2.91. The molecule has 60 valence electrons. The van der Waals surface area contributed by atoms with Gasteiger partial charge >= 0.3 is 0 Å². The van der Waals surface area contributed by atoms with Crippen LogP contribution in [-0.2, 0) is 0 Å². The van der Waals surface area contributed by atoms with Gasteiger partial charge in [0.15, 0.2) is 0 Å². The highest BCUT2D eigenvalue weighted by molar-refractivity contribution is 4.96. The molecule has 1 fully saturated rings. The first-order chi connectivity index (χ1) is 4.71. The largest absolute Gasteiger partial charge is 0.393 e. The summed E-state index contributed by atoms with van der Waals surface area (Å²) in [4.78, 5) is 0. The van der Waals surface area contributed by atoms with E-state index in [1.807, 2.05) is 6.92 Å². The maximum atomic E-state index is 9.37. The minimum absolute atomic E-state index is 0.0703. The van der Waals surface area contributed by atoms with Crippen LogP contribution in [0.1, 0.15) is 46.0 Å². The van der Waals surface area contributed by atoms with Crippen LogP contribution in [0.15, 0.2) is 0 Å². The van der Waals surface area contributed by atoms with Crippen molar-refractivity contribution in [3.05, 3.63) is 0 Å². The molecule has 0 bridgehead atoms. The van der Waals surface area contributed by atoms with Crippen molar-refractivity contribution in [2.75, 3.05) is 0 Å². The van der Waals surface area contributed by atoms with Gasteiger partial charge in [-0.05, 0) is 31.6 Å². The summed E-state index contributed by atoms with van der Waals surface area (Å²) in [5.41, 5.74) is 0.357. The summed E-state index contributed by atoms with van der Waals surface area (Å²) in [6.07, 6.45) is 6.22. The van der Waals surface area contributed by atoms with Gasteiger partial charge in [-0.15, -0.1) is 0 Å². The first kappa shape index (κ1) is 8.06. The molecule has 0 aromatic rings. The molecule has 0 radical (unpaired) electrons. The van der Waals surface area contributed by atoms with Gasteiger partial charge in [0, 0.05) is 0 Å². The molecule has 1 N–H and O–H groups in total. The molecule has 1 nitrogen and oxygen atoms in total. The smallest absolute Gasteiger partial charge is 0.0568 e. The summed E-state index contributed by atoms with van der Waals surface area (Å²) in [7, 11) is 0. The number of hydrogen-bond acceptors (Lipinski definition) is 1. The third-order valence-corrected chi connectivity index (χ3v) is 2.81. The quantitative estimate of drug-likeness (QED) is 0.638. The van der Waals surface area contributed by atoms with Gasteiger partial charge in [0.1, 0.15) is 0 Å². The van der Waals surface area contributed by atoms with Gasteiger partial charge in [0.25, 0.3) is 0 Å². The average molecular weight is 142 g/mol. The minimum atomic E-state index is -0.0703. The Morgan fingerprint density at radius 3 is 2.40 bits per heavy atom. The van der Waals surface area contributed by atoms with Crippen molar-refractivity contribution in [3.63, 3.8) is 0 Å². The molecule has 0 saturated heterocycles. The average Bonchev–Trinajstić information content (AvgIpc) is 2.64. The van der Waals surface area contributed by atoms with E-state index < -0.39 is 0 Å². The topological polar surface area (TPSA) is 20.2 Å². The predicted octanol–water partition coefficient (Wildman–Crippen LogP) is 2.34. The standard InChI is InChI=1S/C9H18O/c1-3-4-5-9(6-7-9)8(2)10/h8,10H,3-7H2,1-2H3. The maximum absolute atomic E-state index is 9.37. The first-order valence-corrected chi connectivity index (χ1v) is 4.39. The molecule has 1 heteroatoms. The molecule has 0 amide bonds. The Morgan fingerprint density at radius 2 is 2.10 bits per heavy atom. The lowest BCUT2D eigenvalue weighted by atomic mass is 9.94. The van der Waals surface area contributed by atoms with Gasteiger partial charge in [-0.3, -0.25) is 0 Å². The van der Waals surface area contributed by atoms with Gasteiger partial charge in [-0.2, -0.15) is 0 Å². The van der Waals surface area contributed by atoms with Crippen LogP contribution in [0.2, 0.25) is 0 Å². The fourth-order valence-corrected chi connectivity index (χ4v) is 1.57. The monoisotopic (exact) mass is 142 g/mol. The van der Waals surface area contributed by atoms with Crippen LogP contribution in [0.5, 0.6) is 0 Å². The second-order valence-electron chi connectivity index (χ2n) is 3.64. The highest BCUT2D eigenvalue weighted by Gasteiger charge is 2.45. The Kier molecular flexibility index (Phi) is 2.35. The van der Waals surface area contributed by atoms with E-state index in [0.29, 0.717) is 5.41 Å². The SMILES string of the molecule is CCCCC1(C(C)O)CC1. The molecule has 0 aromatic carbocycles. The Labute approximate surface area is 63.4 Å². The lowest BCUT2D eigenvalue weighted by molar-refractivity contribution is 0.103. The molecule has 1 aliphatic rings. The lowest BCUT2D eigenvalue weighted by Crippen LogP contribution is -2.17. The van der Waals surface area contributed by atoms with E-state index in [1.54, 1.807) is 0 Å². The molecule has 0 spiro atoms. The molecule has 1 unspecified atom stereocenters. The third kappa shape index (κ3) is 1.51. The van der Waals surface area contributed by atoms with E-state index in [-0.39, 0.29) is 6.10 Å². The number of unbranched alkanes of at least 4 members (excludes halogenated alkanes) is 1. The first-order valence-electron chi connectivity index (χ1n) is 4.39. The predicted molar refractivity (Wildman–Crippen MR) is 42.9 cm³/mol. The van der Waals surface area contributed by atoms with Crippen molar-refractivity contribution in [2.24, 2.45) is 5.41 Å². The van der Waals surface area contributed by atoms with Crippen LogP contribution in [0.3, 0.4) is 0 Å². The number of hydrogen-bond donors (Lipinski definition) is 1. The molecule has 0 aliphatic heterocycles. The highest BCUT2D eigenvalue weighted by atomic mass is 16.3. The van der Waals surface area contributed by atoms with Crippen LogP contribution in [-0.4, -0.2) is 11.2 Å². The van der Waals surface area contributed by atoms with E-state index in [0.717, 1.165) is 0 Å². The summed E-state index contributed by atoms with van der Waals surface area (Å²) in [5.74, 6) is 0. The Morgan fingerprint density at radius 1 is 1.50 bits per heavy atom. The fourth-order valence-electron chi connectivity index (χ4n) is 1.57. The minimum Gasteiger partial charge on any atom is -0.393 e. The van der Waals surface area contributed by atoms with Crippen molar-refractivity contribution >= 4 is 0 Å². The van der Waals surface area contributed by atoms with Crippen LogP contribution >= 0.6 is 0 Å². The number of rotatable bonds is 4. The fraction of sp³-hybridized carbons (Fsp3) is 1.00. The van der Waals surface area contributed by atoms with Crippen molar-refractivity contribution in [3.8, 4) is 0 Å². The van der Waals surface area contributed by atoms with Crippen LogP contribution < -0.4 is 0 Å². The molecule has 1 rings (SSSR count). The van der Waals surface area contributed by atoms with Crippen molar-refractivity contribution in [1.82, 2.24) is 0 Å². The highest BCUT2D eigenvalue weighted by Crippen LogP contribution is 2.52. The van der Waals surface area contributed by atoms with Gasteiger partial charge in [0.2, 0.25) is 0 Å². The molecule has 0 aromatic heterocycles. The van der Waals surface area contributed by atoms with E-state index in [1.165, 1.54) is 32.1 Å². The van der Waals surface area contributed by atoms with Gasteiger partial charge in [-0.1, -0.05) is 19.8 Å². The molecular weight excluding hydrogens is 124 g/mol. The third-order valence-electron chi connectivity index (χ3n) is 2.81. The zero-order chi connectivity index (χ0) is 7.61. The zero-order valence-corrected chi connectivity index (χ0v) is 7.06. The van der Waals surface area contributed by atoms with Gasteiger partial charge < -0.3 is 5.11 Å². The van der Waals surface area contributed by atoms with Crippen LogP contribution in [0, 0.1) is 5.41 Å².